The van der Waals surface area contributed by atoms with Crippen LogP contribution >= 0.6 is 0 Å². The maximum absolute atomic E-state index is 14.4. The standard InChI is InChI=1S/C17H16F3N3O2/c1-9-21-22-16(25-9)17-7-5-10(17)6-8-23(17)15(24)12-4-2-3-11(13(12)18)14(19)20/h2-4,10,14H,5-8H2,1H3/t10-,17-/m0/s1. The monoisotopic (exact) mass is 351 g/mol. The van der Waals surface area contributed by atoms with Crippen LogP contribution in [0.2, 0.25) is 0 Å². The molecule has 5 nitrogen and oxygen atoms in total. The van der Waals surface area contributed by atoms with Gasteiger partial charge >= 0.3 is 0 Å². The quantitative estimate of drug-likeness (QED) is 0.848. The van der Waals surface area contributed by atoms with E-state index in [9.17, 15) is 18.0 Å². The van der Waals surface area contributed by atoms with Gasteiger partial charge in [0.15, 0.2) is 0 Å². The first-order valence-corrected chi connectivity index (χ1v) is 8.14. The van der Waals surface area contributed by atoms with Gasteiger partial charge in [-0.25, -0.2) is 13.2 Å². The van der Waals surface area contributed by atoms with E-state index in [0.717, 1.165) is 18.9 Å². The van der Waals surface area contributed by atoms with E-state index in [-0.39, 0.29) is 11.5 Å². The molecule has 0 bridgehead atoms. The van der Waals surface area contributed by atoms with Gasteiger partial charge < -0.3 is 9.32 Å². The van der Waals surface area contributed by atoms with Crippen molar-refractivity contribution in [1.29, 1.82) is 0 Å². The molecule has 1 aliphatic carbocycles. The summed E-state index contributed by atoms with van der Waals surface area (Å²) in [5.74, 6) is -0.879. The minimum Gasteiger partial charge on any atom is -0.423 e. The highest BCUT2D eigenvalue weighted by Gasteiger charge is 2.61. The van der Waals surface area contributed by atoms with E-state index in [0.29, 0.717) is 24.7 Å². The number of halogens is 3. The molecule has 25 heavy (non-hydrogen) atoms. The summed E-state index contributed by atoms with van der Waals surface area (Å²) in [6.07, 6.45) is -0.690. The van der Waals surface area contributed by atoms with E-state index in [1.165, 1.54) is 17.0 Å². The SMILES string of the molecule is Cc1nnc([C@]23CC[C@H]2CCN3C(=O)c2cccc(C(F)F)c2F)o1. The molecule has 1 aliphatic heterocycles. The van der Waals surface area contributed by atoms with Crippen LogP contribution in [0.4, 0.5) is 13.2 Å². The molecule has 2 aliphatic rings. The van der Waals surface area contributed by atoms with Crippen molar-refractivity contribution in [3.63, 3.8) is 0 Å². The van der Waals surface area contributed by atoms with E-state index < -0.39 is 29.3 Å². The molecule has 1 aromatic heterocycles. The third-order valence-electron chi connectivity index (χ3n) is 5.37. The second-order valence-electron chi connectivity index (χ2n) is 6.54. The van der Waals surface area contributed by atoms with Crippen LogP contribution in [0.3, 0.4) is 0 Å². The van der Waals surface area contributed by atoms with Gasteiger partial charge in [-0.15, -0.1) is 10.2 Å². The minimum absolute atomic E-state index is 0.164. The Kier molecular flexibility index (Phi) is 3.59. The van der Waals surface area contributed by atoms with E-state index >= 15 is 0 Å². The zero-order valence-electron chi connectivity index (χ0n) is 13.5. The maximum atomic E-state index is 14.4. The number of alkyl halides is 2. The number of nitrogens with zero attached hydrogens (tertiary/aromatic N) is 3. The number of carbonyl (C=O) groups is 1. The molecule has 8 heteroatoms. The van der Waals surface area contributed by atoms with Crippen molar-refractivity contribution < 1.29 is 22.4 Å². The molecular weight excluding hydrogens is 335 g/mol. The Bertz CT molecular complexity index is 838. The molecule has 0 N–H and O–H groups in total. The lowest BCUT2D eigenvalue weighted by atomic mass is 9.67. The molecule has 2 heterocycles. The number of aromatic nitrogens is 2. The number of aryl methyl sites for hydroxylation is 1. The molecule has 0 spiro atoms. The Morgan fingerprint density at radius 2 is 2.16 bits per heavy atom. The number of hydrogen-bond acceptors (Lipinski definition) is 4. The predicted octanol–water partition coefficient (Wildman–Crippen LogP) is 3.61. The van der Waals surface area contributed by atoms with Crippen LogP contribution in [0.25, 0.3) is 0 Å². The van der Waals surface area contributed by atoms with Crippen LogP contribution < -0.4 is 0 Å². The number of hydrogen-bond donors (Lipinski definition) is 0. The Morgan fingerprint density at radius 1 is 1.36 bits per heavy atom. The van der Waals surface area contributed by atoms with Gasteiger partial charge in [-0.05, 0) is 31.2 Å². The number of benzene rings is 1. The summed E-state index contributed by atoms with van der Waals surface area (Å²) < 4.78 is 45.9. The van der Waals surface area contributed by atoms with E-state index in [2.05, 4.69) is 10.2 Å². The lowest BCUT2D eigenvalue weighted by Gasteiger charge is -2.47. The maximum Gasteiger partial charge on any atom is 0.266 e. The van der Waals surface area contributed by atoms with Gasteiger partial charge in [-0.3, -0.25) is 4.79 Å². The van der Waals surface area contributed by atoms with Crippen LogP contribution in [0, 0.1) is 18.7 Å². The topological polar surface area (TPSA) is 59.2 Å². The van der Waals surface area contributed by atoms with Crippen LogP contribution in [-0.4, -0.2) is 27.5 Å². The average molecular weight is 351 g/mol. The Hall–Kier alpha value is -2.38. The fourth-order valence-corrected chi connectivity index (χ4v) is 4.03. The van der Waals surface area contributed by atoms with Crippen molar-refractivity contribution in [2.24, 2.45) is 5.92 Å². The van der Waals surface area contributed by atoms with Gasteiger partial charge in [-0.2, -0.15) is 0 Å². The van der Waals surface area contributed by atoms with Crippen LogP contribution in [0.1, 0.15) is 53.4 Å². The molecule has 4 rings (SSSR count). The van der Waals surface area contributed by atoms with Crippen LogP contribution in [-0.2, 0) is 5.54 Å². The number of fused-ring (bicyclic) bond motifs is 1. The highest BCUT2D eigenvalue weighted by molar-refractivity contribution is 5.95. The van der Waals surface area contributed by atoms with Gasteiger partial charge in [-0.1, -0.05) is 12.1 Å². The highest BCUT2D eigenvalue weighted by atomic mass is 19.3. The van der Waals surface area contributed by atoms with Crippen LogP contribution in [0.15, 0.2) is 22.6 Å². The first-order valence-electron chi connectivity index (χ1n) is 8.14. The third-order valence-corrected chi connectivity index (χ3v) is 5.37. The normalized spacial score (nSPS) is 25.2. The first kappa shape index (κ1) is 16.1. The molecule has 2 fully saturated rings. The summed E-state index contributed by atoms with van der Waals surface area (Å²) in [5.41, 5.74) is -1.86. The molecule has 1 aromatic carbocycles. The Balaban J connectivity index is 1.74. The largest absolute Gasteiger partial charge is 0.423 e. The lowest BCUT2D eigenvalue weighted by molar-refractivity contribution is -0.00374. The second kappa shape index (κ2) is 5.57. The number of carbonyl (C=O) groups excluding carboxylic acids is 1. The lowest BCUT2D eigenvalue weighted by Crippen LogP contribution is -2.54. The zero-order chi connectivity index (χ0) is 17.8. The number of rotatable bonds is 3. The Labute approximate surface area is 141 Å². The summed E-state index contributed by atoms with van der Waals surface area (Å²) in [6.45, 7) is 2.07. The van der Waals surface area contributed by atoms with Gasteiger partial charge in [0.2, 0.25) is 11.8 Å². The highest BCUT2D eigenvalue weighted by Crippen LogP contribution is 2.56. The molecule has 1 amide bonds. The van der Waals surface area contributed by atoms with E-state index in [1.54, 1.807) is 6.92 Å². The molecule has 0 unspecified atom stereocenters. The Morgan fingerprint density at radius 3 is 2.76 bits per heavy atom. The fraction of sp³-hybridized carbons (Fsp3) is 0.471. The zero-order valence-corrected chi connectivity index (χ0v) is 13.5. The molecule has 1 saturated heterocycles. The van der Waals surface area contributed by atoms with Crippen molar-refractivity contribution in [3.8, 4) is 0 Å². The second-order valence-corrected chi connectivity index (χ2v) is 6.54. The number of likely N-dealkylation sites (tertiary alicyclic amines) is 1. The van der Waals surface area contributed by atoms with Crippen molar-refractivity contribution in [2.45, 2.75) is 38.2 Å². The summed E-state index contributed by atoms with van der Waals surface area (Å²) in [5, 5.41) is 7.91. The van der Waals surface area contributed by atoms with Gasteiger partial charge in [0.1, 0.15) is 11.4 Å². The molecule has 1 saturated carbocycles. The van der Waals surface area contributed by atoms with Crippen molar-refractivity contribution in [2.75, 3.05) is 6.54 Å². The fourth-order valence-electron chi connectivity index (χ4n) is 4.03. The minimum atomic E-state index is -2.98. The number of amides is 1. The average Bonchev–Trinajstić information content (AvgIpc) is 3.08. The smallest absolute Gasteiger partial charge is 0.266 e. The molecule has 132 valence electrons. The molecular formula is C17H16F3N3O2. The van der Waals surface area contributed by atoms with Crippen LogP contribution in [0.5, 0.6) is 0 Å². The summed E-state index contributed by atoms with van der Waals surface area (Å²) in [7, 11) is 0. The van der Waals surface area contributed by atoms with Gasteiger partial charge in [0.05, 0.1) is 11.1 Å². The predicted molar refractivity (Wildman–Crippen MR) is 80.4 cm³/mol. The van der Waals surface area contributed by atoms with Crippen molar-refractivity contribution in [1.82, 2.24) is 15.1 Å². The molecule has 2 atom stereocenters. The van der Waals surface area contributed by atoms with Gasteiger partial charge in [0, 0.05) is 13.5 Å². The van der Waals surface area contributed by atoms with Gasteiger partial charge in [0.25, 0.3) is 12.3 Å². The van der Waals surface area contributed by atoms with E-state index in [4.69, 9.17) is 4.42 Å². The summed E-state index contributed by atoms with van der Waals surface area (Å²) in [4.78, 5) is 14.5. The molecule has 2 aromatic rings. The first-order chi connectivity index (χ1) is 11.9. The van der Waals surface area contributed by atoms with Crippen molar-refractivity contribution in [3.05, 3.63) is 46.9 Å². The summed E-state index contributed by atoms with van der Waals surface area (Å²) in [6, 6.07) is 3.50. The van der Waals surface area contributed by atoms with E-state index in [1.807, 2.05) is 0 Å². The van der Waals surface area contributed by atoms with Crippen molar-refractivity contribution >= 4 is 5.91 Å². The third kappa shape index (κ3) is 2.19. The molecule has 0 radical (unpaired) electrons. The summed E-state index contributed by atoms with van der Waals surface area (Å²) >= 11 is 0.